The van der Waals surface area contributed by atoms with Gasteiger partial charge in [0.1, 0.15) is 5.82 Å². The Balaban J connectivity index is 2.21. The molecule has 1 saturated heterocycles. The lowest BCUT2D eigenvalue weighted by Gasteiger charge is -2.37. The number of hydrogen-bond donors (Lipinski definition) is 2. The van der Waals surface area contributed by atoms with E-state index in [9.17, 15) is 26.0 Å². The van der Waals surface area contributed by atoms with Gasteiger partial charge in [-0.05, 0) is 44.1 Å². The Bertz CT molecular complexity index is 696. The molecule has 0 saturated carbocycles. The third-order valence-electron chi connectivity index (χ3n) is 4.31. The Morgan fingerprint density at radius 2 is 1.92 bits per heavy atom. The molecule has 10 heteroatoms. The second kappa shape index (κ2) is 7.56. The highest BCUT2D eigenvalue weighted by molar-refractivity contribution is 7.89. The third-order valence-corrected chi connectivity index (χ3v) is 5.70. The van der Waals surface area contributed by atoms with Gasteiger partial charge in [0, 0.05) is 19.1 Å². The first-order valence-corrected chi connectivity index (χ1v) is 9.14. The minimum absolute atomic E-state index is 0.0313. The molecule has 0 amide bonds. The van der Waals surface area contributed by atoms with E-state index in [1.807, 2.05) is 0 Å². The number of alkyl halides is 3. The molecule has 25 heavy (non-hydrogen) atoms. The lowest BCUT2D eigenvalue weighted by atomic mass is 9.80. The summed E-state index contributed by atoms with van der Waals surface area (Å²) in [6.45, 7) is 1.75. The first-order chi connectivity index (χ1) is 11.6. The fraction of sp³-hybridized carbons (Fsp3) is 0.600. The van der Waals surface area contributed by atoms with Crippen molar-refractivity contribution in [3.63, 3.8) is 0 Å². The first-order valence-electron chi connectivity index (χ1n) is 7.66. The molecule has 5 nitrogen and oxygen atoms in total. The average Bonchev–Trinajstić information content (AvgIpc) is 2.53. The molecular weight excluding hydrogens is 364 g/mol. The largest absolute Gasteiger partial charge is 0.419 e. The van der Waals surface area contributed by atoms with E-state index < -0.39 is 37.9 Å². The lowest BCUT2D eigenvalue weighted by molar-refractivity contribution is -0.140. The van der Waals surface area contributed by atoms with Gasteiger partial charge in [-0.3, -0.25) is 0 Å². The molecular formula is C15H20F4N2O3S. The number of rotatable bonds is 6. The Morgan fingerprint density at radius 1 is 1.28 bits per heavy atom. The number of methoxy groups -OCH3 is 1. The van der Waals surface area contributed by atoms with Gasteiger partial charge in [-0.15, -0.1) is 0 Å². The summed E-state index contributed by atoms with van der Waals surface area (Å²) in [6, 6.07) is 1.63. The fourth-order valence-corrected chi connectivity index (χ4v) is 4.04. The Labute approximate surface area is 143 Å². The van der Waals surface area contributed by atoms with Crippen LogP contribution < -0.4 is 10.0 Å². The van der Waals surface area contributed by atoms with Crippen LogP contribution in [0, 0.1) is 11.2 Å². The summed E-state index contributed by atoms with van der Waals surface area (Å²) in [5.74, 6) is -1.51. The maximum atomic E-state index is 13.3. The van der Waals surface area contributed by atoms with Crippen LogP contribution in [-0.4, -0.2) is 41.8 Å². The van der Waals surface area contributed by atoms with Crippen LogP contribution in [0.1, 0.15) is 18.4 Å². The standard InChI is InChI=1S/C15H20F4N2O3S/c1-24-10-14(4-6-20-7-5-14)9-21-25(22,23)11-2-3-13(16)12(8-11)15(17,18)19/h2-3,8,20-21H,4-7,9-10H2,1H3. The van der Waals surface area contributed by atoms with Gasteiger partial charge in [0.05, 0.1) is 17.1 Å². The molecule has 1 aliphatic heterocycles. The van der Waals surface area contributed by atoms with Crippen molar-refractivity contribution < 1.29 is 30.7 Å². The molecule has 0 unspecified atom stereocenters. The van der Waals surface area contributed by atoms with Crippen molar-refractivity contribution in [2.24, 2.45) is 5.41 Å². The third kappa shape index (κ3) is 4.90. The molecule has 0 radical (unpaired) electrons. The van der Waals surface area contributed by atoms with Crippen LogP contribution in [0.3, 0.4) is 0 Å². The second-order valence-electron chi connectivity index (χ2n) is 6.15. The van der Waals surface area contributed by atoms with Gasteiger partial charge in [-0.1, -0.05) is 0 Å². The van der Waals surface area contributed by atoms with Crippen molar-refractivity contribution in [2.45, 2.75) is 23.9 Å². The van der Waals surface area contributed by atoms with Crippen LogP contribution in [-0.2, 0) is 20.9 Å². The van der Waals surface area contributed by atoms with E-state index in [4.69, 9.17) is 4.74 Å². The van der Waals surface area contributed by atoms with Crippen LogP contribution in [0.15, 0.2) is 23.1 Å². The van der Waals surface area contributed by atoms with Crippen LogP contribution in [0.5, 0.6) is 0 Å². The smallest absolute Gasteiger partial charge is 0.384 e. The van der Waals surface area contributed by atoms with E-state index in [-0.39, 0.29) is 6.54 Å². The van der Waals surface area contributed by atoms with Crippen molar-refractivity contribution in [1.82, 2.24) is 10.0 Å². The van der Waals surface area contributed by atoms with E-state index >= 15 is 0 Å². The quantitative estimate of drug-likeness (QED) is 0.738. The molecule has 1 fully saturated rings. The second-order valence-corrected chi connectivity index (χ2v) is 7.91. The molecule has 1 aromatic rings. The molecule has 0 bridgehead atoms. The monoisotopic (exact) mass is 384 g/mol. The van der Waals surface area contributed by atoms with Crippen molar-refractivity contribution in [2.75, 3.05) is 33.4 Å². The van der Waals surface area contributed by atoms with Crippen molar-refractivity contribution in [1.29, 1.82) is 0 Å². The molecule has 2 rings (SSSR count). The summed E-state index contributed by atoms with van der Waals surface area (Å²) < 4.78 is 83.9. The molecule has 1 heterocycles. The zero-order valence-electron chi connectivity index (χ0n) is 13.6. The van der Waals surface area contributed by atoms with E-state index in [2.05, 4.69) is 10.0 Å². The topological polar surface area (TPSA) is 67.4 Å². The van der Waals surface area contributed by atoms with E-state index in [1.54, 1.807) is 0 Å². The van der Waals surface area contributed by atoms with Crippen LogP contribution in [0.4, 0.5) is 17.6 Å². The minimum atomic E-state index is -4.97. The molecule has 0 aromatic heterocycles. The molecule has 142 valence electrons. The average molecular weight is 384 g/mol. The predicted octanol–water partition coefficient (Wildman–Crippen LogP) is 2.14. The fourth-order valence-electron chi connectivity index (χ4n) is 2.86. The lowest BCUT2D eigenvalue weighted by Crippen LogP contribution is -2.47. The Kier molecular flexibility index (Phi) is 6.08. The van der Waals surface area contributed by atoms with E-state index in [0.717, 1.165) is 6.07 Å². The number of piperidine rings is 1. The molecule has 1 aliphatic rings. The van der Waals surface area contributed by atoms with Crippen LogP contribution >= 0.6 is 0 Å². The number of benzene rings is 1. The van der Waals surface area contributed by atoms with Gasteiger partial charge in [0.25, 0.3) is 0 Å². The van der Waals surface area contributed by atoms with Gasteiger partial charge >= 0.3 is 6.18 Å². The van der Waals surface area contributed by atoms with Gasteiger partial charge in [-0.25, -0.2) is 17.5 Å². The zero-order valence-corrected chi connectivity index (χ0v) is 14.4. The van der Waals surface area contributed by atoms with Crippen molar-refractivity contribution >= 4 is 10.0 Å². The summed E-state index contributed by atoms with van der Waals surface area (Å²) in [5, 5.41) is 3.16. The molecule has 0 spiro atoms. The molecule has 1 aromatic carbocycles. The number of halogens is 4. The highest BCUT2D eigenvalue weighted by Crippen LogP contribution is 2.33. The molecule has 0 aliphatic carbocycles. The summed E-state index contributed by atoms with van der Waals surface area (Å²) >= 11 is 0. The van der Waals surface area contributed by atoms with Crippen molar-refractivity contribution in [3.8, 4) is 0 Å². The highest BCUT2D eigenvalue weighted by Gasteiger charge is 2.36. The van der Waals surface area contributed by atoms with Crippen molar-refractivity contribution in [3.05, 3.63) is 29.6 Å². The number of sulfonamides is 1. The summed E-state index contributed by atoms with van der Waals surface area (Å²) in [6.07, 6.45) is -3.64. The maximum absolute atomic E-state index is 13.3. The highest BCUT2D eigenvalue weighted by atomic mass is 32.2. The number of nitrogens with one attached hydrogen (secondary N) is 2. The normalized spacial score (nSPS) is 18.3. The van der Waals surface area contributed by atoms with Gasteiger partial charge < -0.3 is 10.1 Å². The maximum Gasteiger partial charge on any atom is 0.419 e. The number of ether oxygens (including phenoxy) is 1. The Morgan fingerprint density at radius 3 is 2.48 bits per heavy atom. The molecule has 0 atom stereocenters. The van der Waals surface area contributed by atoms with Gasteiger partial charge in [0.2, 0.25) is 10.0 Å². The minimum Gasteiger partial charge on any atom is -0.384 e. The predicted molar refractivity (Wildman–Crippen MR) is 83.0 cm³/mol. The Hall–Kier alpha value is -1.23. The van der Waals surface area contributed by atoms with E-state index in [0.29, 0.717) is 44.7 Å². The number of hydrogen-bond acceptors (Lipinski definition) is 4. The molecule has 2 N–H and O–H groups in total. The van der Waals surface area contributed by atoms with E-state index in [1.165, 1.54) is 7.11 Å². The summed E-state index contributed by atoms with van der Waals surface area (Å²) in [5.41, 5.74) is -2.04. The van der Waals surface area contributed by atoms with Crippen LogP contribution in [0.2, 0.25) is 0 Å². The van der Waals surface area contributed by atoms with Gasteiger partial charge in [-0.2, -0.15) is 13.2 Å². The SMILES string of the molecule is COCC1(CNS(=O)(=O)c2ccc(F)c(C(F)(F)F)c2)CCNCC1. The first kappa shape index (κ1) is 20.1. The summed E-state index contributed by atoms with van der Waals surface area (Å²) in [4.78, 5) is -0.622. The van der Waals surface area contributed by atoms with Gasteiger partial charge in [0.15, 0.2) is 0 Å². The van der Waals surface area contributed by atoms with Crippen LogP contribution in [0.25, 0.3) is 0 Å². The zero-order chi connectivity index (χ0) is 18.7. The summed E-state index contributed by atoms with van der Waals surface area (Å²) in [7, 11) is -2.70.